The summed E-state index contributed by atoms with van der Waals surface area (Å²) in [6.45, 7) is 0.950. The Balaban J connectivity index is 1.62. The van der Waals surface area contributed by atoms with Crippen molar-refractivity contribution in [2.24, 2.45) is 0 Å². The molecule has 0 aliphatic rings. The predicted octanol–water partition coefficient (Wildman–Crippen LogP) is 3.86. The number of anilines is 1. The molecule has 0 fully saturated rings. The van der Waals surface area contributed by atoms with E-state index in [4.69, 9.17) is 15.2 Å². The average molecular weight is 468 g/mol. The summed E-state index contributed by atoms with van der Waals surface area (Å²) in [5.41, 5.74) is 9.67. The molecule has 8 heteroatoms. The highest BCUT2D eigenvalue weighted by molar-refractivity contribution is 5.78. The number of methoxy groups -OCH3 is 1. The van der Waals surface area contributed by atoms with E-state index in [9.17, 15) is 4.79 Å². The fourth-order valence-corrected chi connectivity index (χ4v) is 3.99. The van der Waals surface area contributed by atoms with Crippen LogP contribution in [0.1, 0.15) is 16.7 Å². The van der Waals surface area contributed by atoms with Crippen molar-refractivity contribution in [1.29, 1.82) is 0 Å². The summed E-state index contributed by atoms with van der Waals surface area (Å²) >= 11 is 0. The highest BCUT2D eigenvalue weighted by Gasteiger charge is 2.21. The van der Waals surface area contributed by atoms with Crippen LogP contribution in [-0.2, 0) is 19.7 Å². The van der Waals surface area contributed by atoms with Gasteiger partial charge in [-0.1, -0.05) is 72.8 Å². The maximum absolute atomic E-state index is 13.7. The summed E-state index contributed by atoms with van der Waals surface area (Å²) in [6.07, 6.45) is 0. The molecular formula is C27H25N5O3. The number of nitrogens with two attached hydrogens (primary N) is 1. The van der Waals surface area contributed by atoms with E-state index in [0.29, 0.717) is 24.3 Å². The van der Waals surface area contributed by atoms with Crippen LogP contribution in [0.25, 0.3) is 11.2 Å². The third-order valence-corrected chi connectivity index (χ3v) is 5.74. The Morgan fingerprint density at radius 1 is 0.771 bits per heavy atom. The lowest BCUT2D eigenvalue weighted by Gasteiger charge is -2.10. The van der Waals surface area contributed by atoms with Gasteiger partial charge in [0.2, 0.25) is 11.8 Å². The Morgan fingerprint density at radius 2 is 1.37 bits per heavy atom. The monoisotopic (exact) mass is 467 g/mol. The second kappa shape index (κ2) is 9.72. The number of rotatable bonds is 8. The molecule has 0 aliphatic carbocycles. The number of benzene rings is 3. The van der Waals surface area contributed by atoms with Crippen molar-refractivity contribution in [3.05, 3.63) is 112 Å². The molecule has 2 aromatic heterocycles. The van der Waals surface area contributed by atoms with Crippen LogP contribution in [0.3, 0.4) is 0 Å². The Hall–Kier alpha value is -4.59. The lowest BCUT2D eigenvalue weighted by atomic mass is 10.2. The minimum atomic E-state index is -0.218. The lowest BCUT2D eigenvalue weighted by Crippen LogP contribution is -2.25. The molecule has 5 rings (SSSR count). The van der Waals surface area contributed by atoms with Crippen LogP contribution in [-0.4, -0.2) is 26.2 Å². The van der Waals surface area contributed by atoms with Crippen molar-refractivity contribution in [3.63, 3.8) is 0 Å². The number of ether oxygens (including phenoxy) is 2. The van der Waals surface area contributed by atoms with Gasteiger partial charge in [-0.15, -0.1) is 0 Å². The van der Waals surface area contributed by atoms with Gasteiger partial charge in [-0.05, 0) is 28.8 Å². The molecule has 8 nitrogen and oxygen atoms in total. The van der Waals surface area contributed by atoms with Crippen molar-refractivity contribution in [2.75, 3.05) is 12.8 Å². The molecule has 0 saturated carbocycles. The van der Waals surface area contributed by atoms with Crippen LogP contribution in [0, 0.1) is 0 Å². The van der Waals surface area contributed by atoms with Gasteiger partial charge in [0.05, 0.1) is 20.2 Å². The van der Waals surface area contributed by atoms with E-state index in [1.54, 1.807) is 16.2 Å². The lowest BCUT2D eigenvalue weighted by molar-refractivity contribution is 0.296. The fourth-order valence-electron chi connectivity index (χ4n) is 3.99. The van der Waals surface area contributed by atoms with Crippen LogP contribution < -0.4 is 20.9 Å². The van der Waals surface area contributed by atoms with E-state index in [-0.39, 0.29) is 24.1 Å². The molecule has 2 N–H and O–H groups in total. The van der Waals surface area contributed by atoms with Gasteiger partial charge in [-0.25, -0.2) is 4.79 Å². The largest absolute Gasteiger partial charge is 0.497 e. The minimum absolute atomic E-state index is 0.0425. The fraction of sp³-hybridized carbons (Fsp3) is 0.148. The minimum Gasteiger partial charge on any atom is -0.497 e. The number of imidazole rings is 1. The van der Waals surface area contributed by atoms with Crippen molar-refractivity contribution in [3.8, 4) is 11.6 Å². The molecule has 35 heavy (non-hydrogen) atoms. The van der Waals surface area contributed by atoms with Gasteiger partial charge in [-0.3, -0.25) is 9.13 Å². The number of hydrogen-bond acceptors (Lipinski definition) is 6. The van der Waals surface area contributed by atoms with Crippen LogP contribution >= 0.6 is 0 Å². The summed E-state index contributed by atoms with van der Waals surface area (Å²) in [4.78, 5) is 22.5. The summed E-state index contributed by atoms with van der Waals surface area (Å²) in [5, 5.41) is 0. The van der Waals surface area contributed by atoms with Gasteiger partial charge in [0.15, 0.2) is 11.2 Å². The first-order valence-electron chi connectivity index (χ1n) is 11.2. The Labute approximate surface area is 202 Å². The summed E-state index contributed by atoms with van der Waals surface area (Å²) < 4.78 is 14.6. The molecule has 0 bridgehead atoms. The Bertz CT molecular complexity index is 1490. The second-order valence-electron chi connectivity index (χ2n) is 8.12. The number of hydrogen-bond donors (Lipinski definition) is 1. The highest BCUT2D eigenvalue weighted by Crippen LogP contribution is 2.25. The van der Waals surface area contributed by atoms with Crippen LogP contribution in [0.2, 0.25) is 0 Å². The third-order valence-electron chi connectivity index (χ3n) is 5.74. The second-order valence-corrected chi connectivity index (χ2v) is 8.12. The summed E-state index contributed by atoms with van der Waals surface area (Å²) in [5.74, 6) is 1.06. The van der Waals surface area contributed by atoms with Crippen LogP contribution in [0.5, 0.6) is 11.6 Å². The average Bonchev–Trinajstić information content (AvgIpc) is 3.14. The van der Waals surface area contributed by atoms with Gasteiger partial charge in [-0.2, -0.15) is 9.97 Å². The number of nitrogen functional groups attached to an aromatic ring is 1. The topological polar surface area (TPSA) is 97.2 Å². The quantitative estimate of drug-likeness (QED) is 0.372. The first-order valence-corrected chi connectivity index (χ1v) is 11.2. The summed E-state index contributed by atoms with van der Waals surface area (Å²) in [6, 6.07) is 27.1. The van der Waals surface area contributed by atoms with E-state index in [0.717, 1.165) is 22.4 Å². The zero-order valence-electron chi connectivity index (χ0n) is 19.3. The van der Waals surface area contributed by atoms with Gasteiger partial charge in [0, 0.05) is 0 Å². The molecular weight excluding hydrogens is 442 g/mol. The third kappa shape index (κ3) is 4.72. The first kappa shape index (κ1) is 22.2. The zero-order valence-corrected chi connectivity index (χ0v) is 19.3. The maximum Gasteiger partial charge on any atom is 0.331 e. The number of nitrogens with zero attached hydrogens (tertiary/aromatic N) is 4. The van der Waals surface area contributed by atoms with E-state index >= 15 is 0 Å². The molecule has 0 saturated heterocycles. The van der Waals surface area contributed by atoms with Crippen molar-refractivity contribution in [2.45, 2.75) is 19.7 Å². The van der Waals surface area contributed by atoms with Crippen molar-refractivity contribution in [1.82, 2.24) is 19.1 Å². The molecule has 0 aliphatic heterocycles. The maximum atomic E-state index is 13.7. The van der Waals surface area contributed by atoms with E-state index in [1.807, 2.05) is 84.9 Å². The predicted molar refractivity (Wildman–Crippen MR) is 135 cm³/mol. The Kier molecular flexibility index (Phi) is 6.17. The molecule has 0 radical (unpaired) electrons. The van der Waals surface area contributed by atoms with Crippen LogP contribution in [0.4, 0.5) is 5.95 Å². The summed E-state index contributed by atoms with van der Waals surface area (Å²) in [7, 11) is 1.62. The first-order chi connectivity index (χ1) is 17.1. The van der Waals surface area contributed by atoms with Gasteiger partial charge < -0.3 is 15.2 Å². The number of aromatic nitrogens is 4. The van der Waals surface area contributed by atoms with Crippen molar-refractivity contribution < 1.29 is 9.47 Å². The molecule has 176 valence electrons. The normalized spacial score (nSPS) is 11.0. The molecule has 5 aromatic rings. The molecule has 2 heterocycles. The smallest absolute Gasteiger partial charge is 0.331 e. The molecule has 3 aromatic carbocycles. The van der Waals surface area contributed by atoms with E-state index in [2.05, 4.69) is 9.97 Å². The molecule has 0 spiro atoms. The SMILES string of the molecule is COc1ccc(Cn2c(=O)n(Cc3ccccc3)c3c(OCc4ccccc4)nc(N)nc32)cc1. The highest BCUT2D eigenvalue weighted by atomic mass is 16.5. The van der Waals surface area contributed by atoms with Gasteiger partial charge >= 0.3 is 5.69 Å². The Morgan fingerprint density at radius 3 is 2.03 bits per heavy atom. The van der Waals surface area contributed by atoms with Gasteiger partial charge in [0.1, 0.15) is 12.4 Å². The molecule has 0 unspecified atom stereocenters. The van der Waals surface area contributed by atoms with Crippen LogP contribution in [0.15, 0.2) is 89.7 Å². The standard InChI is InChI=1S/C27H25N5O3/c1-34-22-14-12-20(13-15-22)17-32-24-23(31(27(32)33)16-19-8-4-2-5-9-19)25(30-26(28)29-24)35-18-21-10-6-3-7-11-21/h2-15H,16-18H2,1H3,(H2,28,29,30). The zero-order chi connectivity index (χ0) is 24.2. The molecule has 0 atom stereocenters. The van der Waals surface area contributed by atoms with Gasteiger partial charge in [0.25, 0.3) is 0 Å². The van der Waals surface area contributed by atoms with E-state index < -0.39 is 0 Å². The van der Waals surface area contributed by atoms with Crippen molar-refractivity contribution >= 4 is 17.1 Å². The number of fused-ring (bicyclic) bond motifs is 1. The molecule has 0 amide bonds. The van der Waals surface area contributed by atoms with E-state index in [1.165, 1.54) is 0 Å².